The highest BCUT2D eigenvalue weighted by Crippen LogP contribution is 2.18. The highest BCUT2D eigenvalue weighted by atomic mass is 16.1. The van der Waals surface area contributed by atoms with Crippen LogP contribution in [0.25, 0.3) is 0 Å². The molecular formula is C15H21NO. The summed E-state index contributed by atoms with van der Waals surface area (Å²) in [4.78, 5) is 14.2. The number of aryl methyl sites for hydroxylation is 1. The Morgan fingerprint density at radius 2 is 2.12 bits per heavy atom. The predicted molar refractivity (Wildman–Crippen MR) is 70.0 cm³/mol. The standard InChI is InChI=1S/C15H21NO/c1-16-12-6-10-14(16)15(17)11-5-9-13-7-3-2-4-8-13/h2-4,7-8,14H,5-6,9-12H2,1H3/t14-/m0/s1. The van der Waals surface area contributed by atoms with Gasteiger partial charge in [0.2, 0.25) is 0 Å². The van der Waals surface area contributed by atoms with E-state index in [1.165, 1.54) is 12.0 Å². The SMILES string of the molecule is CN1CCC[C@H]1C(=O)CCCc1ccccc1. The Morgan fingerprint density at radius 3 is 2.76 bits per heavy atom. The average Bonchev–Trinajstić information content (AvgIpc) is 2.77. The van der Waals surface area contributed by atoms with Gasteiger partial charge in [-0.15, -0.1) is 0 Å². The lowest BCUT2D eigenvalue weighted by atomic mass is 10.0. The van der Waals surface area contributed by atoms with Gasteiger partial charge in [0.25, 0.3) is 0 Å². The molecule has 0 radical (unpaired) electrons. The van der Waals surface area contributed by atoms with E-state index in [1.54, 1.807) is 0 Å². The zero-order chi connectivity index (χ0) is 12.1. The van der Waals surface area contributed by atoms with Crippen LogP contribution >= 0.6 is 0 Å². The average molecular weight is 231 g/mol. The first-order valence-corrected chi connectivity index (χ1v) is 6.54. The maximum Gasteiger partial charge on any atom is 0.149 e. The molecule has 2 rings (SSSR count). The molecule has 0 N–H and O–H groups in total. The number of carbonyl (C=O) groups excluding carboxylic acids is 1. The molecule has 0 amide bonds. The summed E-state index contributed by atoms with van der Waals surface area (Å²) < 4.78 is 0. The summed E-state index contributed by atoms with van der Waals surface area (Å²) in [6.07, 6.45) is 4.95. The van der Waals surface area contributed by atoms with Crippen LogP contribution in [0.1, 0.15) is 31.2 Å². The molecule has 1 saturated heterocycles. The van der Waals surface area contributed by atoms with Crippen LogP contribution in [0.4, 0.5) is 0 Å². The van der Waals surface area contributed by atoms with Crippen molar-refractivity contribution < 1.29 is 4.79 Å². The smallest absolute Gasteiger partial charge is 0.149 e. The second-order valence-corrected chi connectivity index (χ2v) is 4.94. The summed E-state index contributed by atoms with van der Waals surface area (Å²) in [6, 6.07) is 10.6. The fraction of sp³-hybridized carbons (Fsp3) is 0.533. The molecule has 0 spiro atoms. The van der Waals surface area contributed by atoms with Gasteiger partial charge in [-0.2, -0.15) is 0 Å². The normalized spacial score (nSPS) is 20.6. The monoisotopic (exact) mass is 231 g/mol. The van der Waals surface area contributed by atoms with E-state index >= 15 is 0 Å². The van der Waals surface area contributed by atoms with Crippen LogP contribution < -0.4 is 0 Å². The quantitative estimate of drug-likeness (QED) is 0.776. The minimum atomic E-state index is 0.200. The number of Topliss-reactive ketones (excluding diaryl/α,β-unsaturated/α-hetero) is 1. The largest absolute Gasteiger partial charge is 0.298 e. The van der Waals surface area contributed by atoms with Crippen LogP contribution in [0.3, 0.4) is 0 Å². The second kappa shape index (κ2) is 5.97. The molecule has 0 bridgehead atoms. The van der Waals surface area contributed by atoms with Crippen molar-refractivity contribution in [3.8, 4) is 0 Å². The fourth-order valence-corrected chi connectivity index (χ4v) is 2.60. The van der Waals surface area contributed by atoms with Crippen molar-refractivity contribution >= 4 is 5.78 Å². The van der Waals surface area contributed by atoms with Crippen molar-refractivity contribution in [3.05, 3.63) is 35.9 Å². The molecule has 2 heteroatoms. The number of ketones is 1. The van der Waals surface area contributed by atoms with Gasteiger partial charge in [0.05, 0.1) is 6.04 Å². The first-order valence-electron chi connectivity index (χ1n) is 6.54. The summed E-state index contributed by atoms with van der Waals surface area (Å²) in [6.45, 7) is 1.08. The number of benzene rings is 1. The van der Waals surface area contributed by atoms with Crippen LogP contribution in [-0.4, -0.2) is 30.3 Å². The van der Waals surface area contributed by atoms with Crippen LogP contribution in [0.5, 0.6) is 0 Å². The Bertz CT molecular complexity index is 360. The number of hydrogen-bond donors (Lipinski definition) is 0. The van der Waals surface area contributed by atoms with Crippen LogP contribution in [0.15, 0.2) is 30.3 Å². The Hall–Kier alpha value is -1.15. The van der Waals surface area contributed by atoms with Gasteiger partial charge >= 0.3 is 0 Å². The van der Waals surface area contributed by atoms with Crippen molar-refractivity contribution in [3.63, 3.8) is 0 Å². The maximum absolute atomic E-state index is 12.0. The maximum atomic E-state index is 12.0. The Morgan fingerprint density at radius 1 is 1.35 bits per heavy atom. The molecule has 17 heavy (non-hydrogen) atoms. The van der Waals surface area contributed by atoms with E-state index in [2.05, 4.69) is 36.2 Å². The van der Waals surface area contributed by atoms with Gasteiger partial charge < -0.3 is 0 Å². The zero-order valence-electron chi connectivity index (χ0n) is 10.6. The minimum absolute atomic E-state index is 0.200. The molecule has 1 aromatic carbocycles. The fourth-order valence-electron chi connectivity index (χ4n) is 2.60. The number of likely N-dealkylation sites (N-methyl/N-ethyl adjacent to an activating group) is 1. The van der Waals surface area contributed by atoms with E-state index in [0.717, 1.165) is 32.2 Å². The highest BCUT2D eigenvalue weighted by Gasteiger charge is 2.26. The number of rotatable bonds is 5. The van der Waals surface area contributed by atoms with E-state index in [0.29, 0.717) is 5.78 Å². The lowest BCUT2D eigenvalue weighted by molar-refractivity contribution is -0.123. The third-order valence-corrected chi connectivity index (χ3v) is 3.62. The van der Waals surface area contributed by atoms with E-state index < -0.39 is 0 Å². The van der Waals surface area contributed by atoms with Gasteiger partial charge in [0.1, 0.15) is 5.78 Å². The third kappa shape index (κ3) is 3.40. The van der Waals surface area contributed by atoms with Crippen LogP contribution in [0.2, 0.25) is 0 Å². The van der Waals surface area contributed by atoms with Gasteiger partial charge in [0.15, 0.2) is 0 Å². The molecular weight excluding hydrogens is 210 g/mol. The topological polar surface area (TPSA) is 20.3 Å². The summed E-state index contributed by atoms with van der Waals surface area (Å²) in [5.74, 6) is 0.431. The number of nitrogens with zero attached hydrogens (tertiary/aromatic N) is 1. The van der Waals surface area contributed by atoms with Crippen LogP contribution in [-0.2, 0) is 11.2 Å². The molecule has 1 atom stereocenters. The highest BCUT2D eigenvalue weighted by molar-refractivity contribution is 5.84. The first kappa shape index (κ1) is 12.3. The van der Waals surface area contributed by atoms with Gasteiger partial charge in [-0.3, -0.25) is 9.69 Å². The Balaban J connectivity index is 1.73. The molecule has 2 nitrogen and oxygen atoms in total. The van der Waals surface area contributed by atoms with Gasteiger partial charge in [-0.25, -0.2) is 0 Å². The molecule has 0 unspecified atom stereocenters. The van der Waals surface area contributed by atoms with Crippen molar-refractivity contribution in [2.75, 3.05) is 13.6 Å². The molecule has 92 valence electrons. The van der Waals surface area contributed by atoms with Gasteiger partial charge in [-0.1, -0.05) is 30.3 Å². The van der Waals surface area contributed by atoms with Crippen molar-refractivity contribution in [1.82, 2.24) is 4.90 Å². The van der Waals surface area contributed by atoms with E-state index in [-0.39, 0.29) is 6.04 Å². The van der Waals surface area contributed by atoms with Crippen LogP contribution in [0, 0.1) is 0 Å². The molecule has 1 aliphatic rings. The van der Waals surface area contributed by atoms with Crippen molar-refractivity contribution in [2.45, 2.75) is 38.1 Å². The number of hydrogen-bond acceptors (Lipinski definition) is 2. The Kier molecular flexibility index (Phi) is 4.32. The van der Waals surface area contributed by atoms with E-state index in [4.69, 9.17) is 0 Å². The van der Waals surface area contributed by atoms with Crippen molar-refractivity contribution in [2.24, 2.45) is 0 Å². The summed E-state index contributed by atoms with van der Waals surface area (Å²) in [7, 11) is 2.06. The predicted octanol–water partition coefficient (Wildman–Crippen LogP) is 2.67. The molecule has 0 saturated carbocycles. The lowest BCUT2D eigenvalue weighted by Crippen LogP contribution is -2.32. The van der Waals surface area contributed by atoms with E-state index in [1.807, 2.05) is 6.07 Å². The lowest BCUT2D eigenvalue weighted by Gasteiger charge is -2.17. The van der Waals surface area contributed by atoms with Crippen molar-refractivity contribution in [1.29, 1.82) is 0 Å². The molecule has 1 fully saturated rings. The number of carbonyl (C=O) groups is 1. The molecule has 1 aromatic rings. The van der Waals surface area contributed by atoms with Gasteiger partial charge in [0, 0.05) is 6.42 Å². The summed E-state index contributed by atoms with van der Waals surface area (Å²) in [5, 5.41) is 0. The first-order chi connectivity index (χ1) is 8.27. The van der Waals surface area contributed by atoms with E-state index in [9.17, 15) is 4.79 Å². The van der Waals surface area contributed by atoms with Gasteiger partial charge in [-0.05, 0) is 44.8 Å². The minimum Gasteiger partial charge on any atom is -0.298 e. The Labute approximate surface area is 104 Å². The number of likely N-dealkylation sites (tertiary alicyclic amines) is 1. The molecule has 1 heterocycles. The summed E-state index contributed by atoms with van der Waals surface area (Å²) >= 11 is 0. The molecule has 1 aliphatic heterocycles. The second-order valence-electron chi connectivity index (χ2n) is 4.94. The summed E-state index contributed by atoms with van der Waals surface area (Å²) in [5.41, 5.74) is 1.33. The third-order valence-electron chi connectivity index (χ3n) is 3.62. The zero-order valence-corrected chi connectivity index (χ0v) is 10.6. The molecule has 0 aliphatic carbocycles. The molecule has 0 aromatic heterocycles.